The third-order valence-corrected chi connectivity index (χ3v) is 2.38. The van der Waals surface area contributed by atoms with Crippen molar-refractivity contribution >= 4 is 11.5 Å². The number of benzene rings is 2. The quantitative estimate of drug-likeness (QED) is 0.471. The summed E-state index contributed by atoms with van der Waals surface area (Å²) in [5.41, 5.74) is 0.998. The van der Waals surface area contributed by atoms with Gasteiger partial charge in [0, 0.05) is 23.3 Å². The van der Waals surface area contributed by atoms with Crippen molar-refractivity contribution in [3.63, 3.8) is 0 Å². The van der Waals surface area contributed by atoms with Gasteiger partial charge in [-0.25, -0.2) is 0 Å². The Bertz CT molecular complexity index is 547. The molecule has 18 heavy (non-hydrogen) atoms. The highest BCUT2D eigenvalue weighted by Gasteiger charge is 2.10. The molecular formula is C14H13NO3. The molecule has 0 saturated carbocycles. The summed E-state index contributed by atoms with van der Waals surface area (Å²) in [6, 6.07) is 14.4. The molecule has 2 aromatic carbocycles. The van der Waals surface area contributed by atoms with E-state index in [1.807, 2.05) is 6.07 Å². The van der Waals surface area contributed by atoms with E-state index < -0.39 is 4.92 Å². The number of carbonyl (C=O) groups excluding carboxylic acids is 1. The van der Waals surface area contributed by atoms with E-state index in [0.717, 1.165) is 0 Å². The molecule has 0 spiro atoms. The van der Waals surface area contributed by atoms with Crippen LogP contribution in [0.5, 0.6) is 0 Å². The van der Waals surface area contributed by atoms with Crippen LogP contribution < -0.4 is 0 Å². The number of hydrogen-bond acceptors (Lipinski definition) is 3. The van der Waals surface area contributed by atoms with Gasteiger partial charge in [-0.3, -0.25) is 14.9 Å². The SMILES string of the molecule is C.O=C(c1ccccc1)c1ccc([N+](=O)[O-])cc1. The van der Waals surface area contributed by atoms with E-state index in [0.29, 0.717) is 11.1 Å². The molecule has 0 bridgehead atoms. The molecule has 0 heterocycles. The summed E-state index contributed by atoms with van der Waals surface area (Å²) >= 11 is 0. The summed E-state index contributed by atoms with van der Waals surface area (Å²) in [4.78, 5) is 21.9. The molecule has 0 aliphatic rings. The molecule has 0 saturated heterocycles. The average Bonchev–Trinajstić information content (AvgIpc) is 2.39. The predicted octanol–water partition coefficient (Wildman–Crippen LogP) is 3.46. The van der Waals surface area contributed by atoms with E-state index in [9.17, 15) is 14.9 Å². The molecule has 0 radical (unpaired) electrons. The summed E-state index contributed by atoms with van der Waals surface area (Å²) in [6.45, 7) is 0. The zero-order valence-corrected chi connectivity index (χ0v) is 8.87. The lowest BCUT2D eigenvalue weighted by molar-refractivity contribution is -0.384. The molecule has 4 heteroatoms. The van der Waals surface area contributed by atoms with Crippen molar-refractivity contribution in [1.82, 2.24) is 0 Å². The van der Waals surface area contributed by atoms with E-state index in [2.05, 4.69) is 0 Å². The highest BCUT2D eigenvalue weighted by Crippen LogP contribution is 2.15. The predicted molar refractivity (Wildman–Crippen MR) is 69.7 cm³/mol. The largest absolute Gasteiger partial charge is 0.289 e. The lowest BCUT2D eigenvalue weighted by atomic mass is 10.0. The highest BCUT2D eigenvalue weighted by molar-refractivity contribution is 6.09. The third kappa shape index (κ3) is 2.79. The fraction of sp³-hybridized carbons (Fsp3) is 0.0714. The number of rotatable bonds is 3. The fourth-order valence-corrected chi connectivity index (χ4v) is 1.49. The van der Waals surface area contributed by atoms with E-state index in [1.54, 1.807) is 24.3 Å². The van der Waals surface area contributed by atoms with Gasteiger partial charge in [-0.1, -0.05) is 37.8 Å². The molecule has 2 aromatic rings. The first-order valence-electron chi connectivity index (χ1n) is 5.02. The number of non-ortho nitro benzene ring substituents is 1. The Kier molecular flexibility index (Phi) is 4.32. The minimum absolute atomic E-state index is 0. The highest BCUT2D eigenvalue weighted by atomic mass is 16.6. The van der Waals surface area contributed by atoms with Crippen molar-refractivity contribution in [3.8, 4) is 0 Å². The van der Waals surface area contributed by atoms with Crippen molar-refractivity contribution < 1.29 is 9.72 Å². The Hall–Kier alpha value is -2.49. The number of carbonyl (C=O) groups is 1. The first-order valence-corrected chi connectivity index (χ1v) is 5.02. The number of nitro benzene ring substituents is 1. The summed E-state index contributed by atoms with van der Waals surface area (Å²) in [5.74, 6) is -0.138. The Labute approximate surface area is 105 Å². The zero-order chi connectivity index (χ0) is 12.3. The second-order valence-corrected chi connectivity index (χ2v) is 3.50. The van der Waals surface area contributed by atoms with Crippen LogP contribution in [0, 0.1) is 10.1 Å². The van der Waals surface area contributed by atoms with Crippen LogP contribution in [0.25, 0.3) is 0 Å². The first-order chi connectivity index (χ1) is 8.18. The normalized spacial score (nSPS) is 9.33. The summed E-state index contributed by atoms with van der Waals surface area (Å²) in [7, 11) is 0. The fourth-order valence-electron chi connectivity index (χ4n) is 1.49. The summed E-state index contributed by atoms with van der Waals surface area (Å²) in [6.07, 6.45) is 0. The van der Waals surface area contributed by atoms with Gasteiger partial charge in [-0.05, 0) is 12.1 Å². The van der Waals surface area contributed by atoms with Crippen molar-refractivity contribution in [1.29, 1.82) is 0 Å². The van der Waals surface area contributed by atoms with Crippen LogP contribution in [0.15, 0.2) is 54.6 Å². The summed E-state index contributed by atoms with van der Waals surface area (Å²) in [5, 5.41) is 10.5. The van der Waals surface area contributed by atoms with Crippen LogP contribution in [0.4, 0.5) is 5.69 Å². The second-order valence-electron chi connectivity index (χ2n) is 3.50. The average molecular weight is 243 g/mol. The number of ketones is 1. The number of hydrogen-bond donors (Lipinski definition) is 0. The topological polar surface area (TPSA) is 60.2 Å². The molecule has 0 aromatic heterocycles. The Balaban J connectivity index is 0.00000162. The lowest BCUT2D eigenvalue weighted by Gasteiger charge is -2.00. The van der Waals surface area contributed by atoms with Crippen LogP contribution in [0.3, 0.4) is 0 Å². The van der Waals surface area contributed by atoms with Crippen molar-refractivity contribution in [3.05, 3.63) is 75.8 Å². The Morgan fingerprint density at radius 2 is 1.39 bits per heavy atom. The number of nitro groups is 1. The van der Waals surface area contributed by atoms with Crippen molar-refractivity contribution in [2.24, 2.45) is 0 Å². The van der Waals surface area contributed by atoms with Gasteiger partial charge in [0.2, 0.25) is 0 Å². The smallest absolute Gasteiger partial charge is 0.269 e. The van der Waals surface area contributed by atoms with E-state index in [-0.39, 0.29) is 18.9 Å². The van der Waals surface area contributed by atoms with Crippen molar-refractivity contribution in [2.75, 3.05) is 0 Å². The molecule has 0 fully saturated rings. The van der Waals surface area contributed by atoms with Gasteiger partial charge in [0.05, 0.1) is 4.92 Å². The van der Waals surface area contributed by atoms with Crippen LogP contribution in [0.1, 0.15) is 23.3 Å². The molecule has 0 unspecified atom stereocenters. The van der Waals surface area contributed by atoms with Gasteiger partial charge >= 0.3 is 0 Å². The first kappa shape index (κ1) is 13.6. The van der Waals surface area contributed by atoms with Gasteiger partial charge in [0.1, 0.15) is 0 Å². The van der Waals surface area contributed by atoms with Crippen LogP contribution >= 0.6 is 0 Å². The summed E-state index contributed by atoms with van der Waals surface area (Å²) < 4.78 is 0. The molecule has 0 aliphatic carbocycles. The molecule has 0 amide bonds. The van der Waals surface area contributed by atoms with Crippen LogP contribution in [0.2, 0.25) is 0 Å². The van der Waals surface area contributed by atoms with Crippen LogP contribution in [-0.4, -0.2) is 10.7 Å². The Morgan fingerprint density at radius 3 is 1.89 bits per heavy atom. The molecule has 4 nitrogen and oxygen atoms in total. The van der Waals surface area contributed by atoms with Gasteiger partial charge in [0.15, 0.2) is 5.78 Å². The molecule has 92 valence electrons. The zero-order valence-electron chi connectivity index (χ0n) is 8.87. The maximum absolute atomic E-state index is 12.0. The van der Waals surface area contributed by atoms with Gasteiger partial charge < -0.3 is 0 Å². The maximum Gasteiger partial charge on any atom is 0.269 e. The van der Waals surface area contributed by atoms with Crippen molar-refractivity contribution in [2.45, 2.75) is 7.43 Å². The molecule has 0 atom stereocenters. The minimum Gasteiger partial charge on any atom is -0.289 e. The van der Waals surface area contributed by atoms with E-state index >= 15 is 0 Å². The van der Waals surface area contributed by atoms with Crippen LogP contribution in [-0.2, 0) is 0 Å². The van der Waals surface area contributed by atoms with Gasteiger partial charge in [-0.2, -0.15) is 0 Å². The lowest BCUT2D eigenvalue weighted by Crippen LogP contribution is -2.00. The van der Waals surface area contributed by atoms with E-state index in [4.69, 9.17) is 0 Å². The maximum atomic E-state index is 12.0. The Morgan fingerprint density at radius 1 is 0.889 bits per heavy atom. The third-order valence-electron chi connectivity index (χ3n) is 2.38. The monoisotopic (exact) mass is 243 g/mol. The molecule has 2 rings (SSSR count). The van der Waals surface area contributed by atoms with Gasteiger partial charge in [-0.15, -0.1) is 0 Å². The minimum atomic E-state index is -0.489. The standard InChI is InChI=1S/C13H9NO3.CH4/c15-13(10-4-2-1-3-5-10)11-6-8-12(9-7-11)14(16)17;/h1-9H;1H4. The number of nitrogens with zero attached hydrogens (tertiary/aromatic N) is 1. The second kappa shape index (κ2) is 5.72. The van der Waals surface area contributed by atoms with E-state index in [1.165, 1.54) is 24.3 Å². The van der Waals surface area contributed by atoms with Gasteiger partial charge in [0.25, 0.3) is 5.69 Å². The molecule has 0 aliphatic heterocycles. The molecular weight excluding hydrogens is 230 g/mol. The molecule has 0 N–H and O–H groups in total.